The third kappa shape index (κ3) is 5.96. The van der Waals surface area contributed by atoms with Gasteiger partial charge >= 0.3 is 0 Å². The Morgan fingerprint density at radius 1 is 0.377 bits per heavy atom. The van der Waals surface area contributed by atoms with Crippen LogP contribution in [0.2, 0.25) is 0 Å². The van der Waals surface area contributed by atoms with Crippen molar-refractivity contribution in [2.24, 2.45) is 0 Å². The molecule has 0 saturated heterocycles. The second-order valence-corrected chi connectivity index (χ2v) is 15.6. The molecule has 0 radical (unpaired) electrons. The molecule has 0 spiro atoms. The first-order valence-corrected chi connectivity index (χ1v) is 20.7. The van der Waals surface area contributed by atoms with Gasteiger partial charge in [-0.1, -0.05) is 146 Å². The number of oxazole rings is 1. The zero-order valence-corrected chi connectivity index (χ0v) is 33.1. The lowest BCUT2D eigenvalue weighted by atomic mass is 9.98. The van der Waals surface area contributed by atoms with Gasteiger partial charge in [0.05, 0.1) is 11.0 Å². The minimum atomic E-state index is 0.630. The zero-order valence-electron chi connectivity index (χ0n) is 33.1. The zero-order chi connectivity index (χ0) is 40.3. The van der Waals surface area contributed by atoms with Crippen LogP contribution >= 0.6 is 0 Å². The summed E-state index contributed by atoms with van der Waals surface area (Å²) in [6.45, 7) is 0. The molecule has 12 rings (SSSR count). The SMILES string of the molecule is c1ccc(-c2nc3c(ccc4ccc(-c5ccc(N(c6ccc(-c7cccc8ccccc78)cc6)c6ccc7c8ccccc8n(-c8ccccc8)c7c6)cc5)cc43)o2)cc1. The maximum atomic E-state index is 6.24. The molecular weight excluding hydrogens is 743 g/mol. The third-order valence-electron chi connectivity index (χ3n) is 12.0. The molecule has 12 aromatic rings. The molecule has 286 valence electrons. The van der Waals surface area contributed by atoms with E-state index in [2.05, 4.69) is 198 Å². The molecule has 2 aromatic heterocycles. The number of hydrogen-bond donors (Lipinski definition) is 0. The van der Waals surface area contributed by atoms with Crippen molar-refractivity contribution in [1.29, 1.82) is 0 Å². The molecule has 0 atom stereocenters. The van der Waals surface area contributed by atoms with Crippen molar-refractivity contribution in [1.82, 2.24) is 9.55 Å². The van der Waals surface area contributed by atoms with Crippen LogP contribution in [0.15, 0.2) is 229 Å². The number of benzene rings is 10. The number of aromatic nitrogens is 2. The Morgan fingerprint density at radius 3 is 1.79 bits per heavy atom. The second kappa shape index (κ2) is 14.3. The number of nitrogens with zero attached hydrogens (tertiary/aromatic N) is 3. The predicted octanol–water partition coefficient (Wildman–Crippen LogP) is 15.7. The highest BCUT2D eigenvalue weighted by molar-refractivity contribution is 6.10. The molecule has 0 aliphatic carbocycles. The van der Waals surface area contributed by atoms with Crippen LogP contribution in [0.25, 0.3) is 93.8 Å². The molecule has 61 heavy (non-hydrogen) atoms. The van der Waals surface area contributed by atoms with Crippen LogP contribution in [0, 0.1) is 0 Å². The van der Waals surface area contributed by atoms with Gasteiger partial charge in [0.15, 0.2) is 5.58 Å². The summed E-state index contributed by atoms with van der Waals surface area (Å²) in [5, 5.41) is 7.14. The molecule has 0 fully saturated rings. The molecule has 0 amide bonds. The maximum absolute atomic E-state index is 6.24. The normalized spacial score (nSPS) is 11.6. The monoisotopic (exact) mass is 779 g/mol. The van der Waals surface area contributed by atoms with E-state index in [0.29, 0.717) is 5.89 Å². The largest absolute Gasteiger partial charge is 0.436 e. The molecule has 2 heterocycles. The summed E-state index contributed by atoms with van der Waals surface area (Å²) in [5.41, 5.74) is 14.0. The highest BCUT2D eigenvalue weighted by atomic mass is 16.3. The number of fused-ring (bicyclic) bond motifs is 7. The Balaban J connectivity index is 0.984. The van der Waals surface area contributed by atoms with Crippen LogP contribution in [0.3, 0.4) is 0 Å². The fourth-order valence-electron chi connectivity index (χ4n) is 9.06. The fraction of sp³-hybridized carbons (Fsp3) is 0. The number of rotatable bonds is 7. The molecule has 0 unspecified atom stereocenters. The summed E-state index contributed by atoms with van der Waals surface area (Å²) in [4.78, 5) is 7.35. The van der Waals surface area contributed by atoms with Gasteiger partial charge in [-0.2, -0.15) is 0 Å². The molecule has 4 heteroatoms. The standard InChI is InChI=1S/C57H37N3O/c1-3-13-42(14-4-1)57-58-56-52-36-43(23-22-41(52)28-35-55(56)61-57)38-24-29-45(30-25-38)59(46-31-26-40(27-32-46)49-20-11-15-39-12-7-8-18-48(39)49)47-33-34-51-50-19-9-10-21-53(50)60(54(51)37-47)44-16-5-2-6-17-44/h1-37H. The van der Waals surface area contributed by atoms with E-state index in [9.17, 15) is 0 Å². The lowest BCUT2D eigenvalue weighted by Crippen LogP contribution is -2.10. The molecular formula is C57H37N3O. The van der Waals surface area contributed by atoms with Crippen molar-refractivity contribution in [3.63, 3.8) is 0 Å². The predicted molar refractivity (Wildman–Crippen MR) is 254 cm³/mol. The van der Waals surface area contributed by atoms with Crippen LogP contribution in [0.1, 0.15) is 0 Å². The van der Waals surface area contributed by atoms with Gasteiger partial charge in [-0.15, -0.1) is 0 Å². The van der Waals surface area contributed by atoms with Gasteiger partial charge in [0, 0.05) is 44.5 Å². The van der Waals surface area contributed by atoms with Crippen molar-refractivity contribution in [2.75, 3.05) is 4.90 Å². The molecule has 0 aliphatic heterocycles. The summed E-state index contributed by atoms with van der Waals surface area (Å²) < 4.78 is 8.63. The fourth-order valence-corrected chi connectivity index (χ4v) is 9.06. The quantitative estimate of drug-likeness (QED) is 0.162. The Morgan fingerprint density at radius 2 is 0.984 bits per heavy atom. The van der Waals surface area contributed by atoms with E-state index in [4.69, 9.17) is 9.40 Å². The first-order valence-electron chi connectivity index (χ1n) is 20.7. The van der Waals surface area contributed by atoms with E-state index in [1.165, 1.54) is 38.2 Å². The number of hydrogen-bond acceptors (Lipinski definition) is 3. The Labute approximate surface area is 352 Å². The van der Waals surface area contributed by atoms with Crippen LogP contribution in [-0.4, -0.2) is 9.55 Å². The smallest absolute Gasteiger partial charge is 0.227 e. The van der Waals surface area contributed by atoms with E-state index >= 15 is 0 Å². The van der Waals surface area contributed by atoms with E-state index in [-0.39, 0.29) is 0 Å². The summed E-state index contributed by atoms with van der Waals surface area (Å²) in [6.07, 6.45) is 0. The average molecular weight is 780 g/mol. The van der Waals surface area contributed by atoms with Crippen LogP contribution in [-0.2, 0) is 0 Å². The van der Waals surface area contributed by atoms with Crippen molar-refractivity contribution in [3.05, 3.63) is 224 Å². The minimum Gasteiger partial charge on any atom is -0.436 e. The summed E-state index contributed by atoms with van der Waals surface area (Å²) in [7, 11) is 0. The Hall–Kier alpha value is -8.21. The van der Waals surface area contributed by atoms with E-state index in [0.717, 1.165) is 66.8 Å². The summed E-state index contributed by atoms with van der Waals surface area (Å²) in [5.74, 6) is 0.630. The van der Waals surface area contributed by atoms with Gasteiger partial charge in [0.1, 0.15) is 5.52 Å². The lowest BCUT2D eigenvalue weighted by molar-refractivity contribution is 0.620. The second-order valence-electron chi connectivity index (χ2n) is 15.6. The molecule has 0 N–H and O–H groups in total. The first-order chi connectivity index (χ1) is 30.2. The molecule has 0 aliphatic rings. The highest BCUT2D eigenvalue weighted by Crippen LogP contribution is 2.42. The van der Waals surface area contributed by atoms with Crippen LogP contribution in [0.5, 0.6) is 0 Å². The maximum Gasteiger partial charge on any atom is 0.227 e. The van der Waals surface area contributed by atoms with E-state index < -0.39 is 0 Å². The Kier molecular flexibility index (Phi) is 8.13. The average Bonchev–Trinajstić information content (AvgIpc) is 3.92. The van der Waals surface area contributed by atoms with Gasteiger partial charge in [0.25, 0.3) is 0 Å². The number of anilines is 3. The first kappa shape index (κ1) is 34.8. The van der Waals surface area contributed by atoms with Gasteiger partial charge in [-0.25, -0.2) is 4.98 Å². The highest BCUT2D eigenvalue weighted by Gasteiger charge is 2.19. The van der Waals surface area contributed by atoms with Crippen molar-refractivity contribution >= 4 is 71.5 Å². The molecule has 0 bridgehead atoms. The van der Waals surface area contributed by atoms with E-state index in [1.807, 2.05) is 36.4 Å². The van der Waals surface area contributed by atoms with Crippen LogP contribution < -0.4 is 4.90 Å². The van der Waals surface area contributed by atoms with E-state index in [1.54, 1.807) is 0 Å². The summed E-state index contributed by atoms with van der Waals surface area (Å²) in [6, 6.07) is 80.1. The van der Waals surface area contributed by atoms with Gasteiger partial charge in [-0.3, -0.25) is 0 Å². The third-order valence-corrected chi connectivity index (χ3v) is 12.0. The molecule has 10 aromatic carbocycles. The molecule has 0 saturated carbocycles. The molecule has 4 nitrogen and oxygen atoms in total. The van der Waals surface area contributed by atoms with Crippen LogP contribution in [0.4, 0.5) is 17.1 Å². The van der Waals surface area contributed by atoms with Crippen molar-refractivity contribution in [3.8, 4) is 39.4 Å². The minimum absolute atomic E-state index is 0.630. The van der Waals surface area contributed by atoms with Crippen molar-refractivity contribution in [2.45, 2.75) is 0 Å². The lowest BCUT2D eigenvalue weighted by Gasteiger charge is -2.26. The summed E-state index contributed by atoms with van der Waals surface area (Å²) >= 11 is 0. The topological polar surface area (TPSA) is 34.2 Å². The van der Waals surface area contributed by atoms with Gasteiger partial charge < -0.3 is 13.9 Å². The van der Waals surface area contributed by atoms with Gasteiger partial charge in [-0.05, 0) is 117 Å². The van der Waals surface area contributed by atoms with Crippen molar-refractivity contribution < 1.29 is 4.42 Å². The van der Waals surface area contributed by atoms with Gasteiger partial charge in [0.2, 0.25) is 5.89 Å². The Bertz CT molecular complexity index is 3560. The number of para-hydroxylation sites is 2.